The van der Waals surface area contributed by atoms with Crippen molar-refractivity contribution in [1.29, 1.82) is 0 Å². The van der Waals surface area contributed by atoms with Gasteiger partial charge < -0.3 is 0 Å². The van der Waals surface area contributed by atoms with E-state index in [9.17, 15) is 8.42 Å². The van der Waals surface area contributed by atoms with Crippen molar-refractivity contribution in [3.63, 3.8) is 0 Å². The van der Waals surface area contributed by atoms with Gasteiger partial charge >= 0.3 is 0 Å². The molecule has 1 aliphatic rings. The molecule has 0 radical (unpaired) electrons. The third-order valence-corrected chi connectivity index (χ3v) is 7.31. The van der Waals surface area contributed by atoms with Gasteiger partial charge in [0.1, 0.15) is 0 Å². The quantitative estimate of drug-likeness (QED) is 0.803. The molecule has 0 amide bonds. The second-order valence-electron chi connectivity index (χ2n) is 5.26. The molecule has 0 atom stereocenters. The first-order chi connectivity index (χ1) is 8.29. The fourth-order valence-electron chi connectivity index (χ4n) is 2.49. The Kier molecular flexibility index (Phi) is 3.80. The van der Waals surface area contributed by atoms with E-state index >= 15 is 0 Å². The zero-order chi connectivity index (χ0) is 13.6. The average molecular weight is 308 g/mol. The highest BCUT2D eigenvalue weighted by Crippen LogP contribution is 2.37. The number of thiophene rings is 1. The number of sulfonamides is 1. The zero-order valence-electron chi connectivity index (χ0n) is 10.9. The van der Waals surface area contributed by atoms with E-state index in [1.54, 1.807) is 10.4 Å². The molecular weight excluding hydrogens is 290 g/mol. The molecule has 0 saturated carbocycles. The Morgan fingerprint density at radius 1 is 1.50 bits per heavy atom. The number of halogens is 1. The van der Waals surface area contributed by atoms with Crippen molar-refractivity contribution < 1.29 is 8.42 Å². The number of alkyl halides is 1. The second kappa shape index (κ2) is 4.78. The average Bonchev–Trinajstić information content (AvgIpc) is 2.81. The molecule has 1 fully saturated rings. The van der Waals surface area contributed by atoms with Gasteiger partial charge in [-0.05, 0) is 39.7 Å². The van der Waals surface area contributed by atoms with Gasteiger partial charge in [0, 0.05) is 21.8 Å². The van der Waals surface area contributed by atoms with Gasteiger partial charge in [0.15, 0.2) is 0 Å². The Labute approximate surface area is 118 Å². The molecular formula is C12H18ClNO2S2. The molecule has 2 heterocycles. The van der Waals surface area contributed by atoms with Crippen LogP contribution in [-0.4, -0.2) is 24.8 Å². The van der Waals surface area contributed by atoms with E-state index in [0.717, 1.165) is 22.6 Å². The van der Waals surface area contributed by atoms with Crippen LogP contribution in [0.1, 0.15) is 36.4 Å². The van der Waals surface area contributed by atoms with Gasteiger partial charge in [-0.1, -0.05) is 0 Å². The lowest BCUT2D eigenvalue weighted by molar-refractivity contribution is 0.291. The molecule has 0 spiro atoms. The normalized spacial score (nSPS) is 20.4. The summed E-state index contributed by atoms with van der Waals surface area (Å²) in [4.78, 5) is 2.16. The van der Waals surface area contributed by atoms with Crippen LogP contribution in [0.4, 0.5) is 0 Å². The highest BCUT2D eigenvalue weighted by atomic mass is 35.5. The minimum absolute atomic E-state index is 0.283. The van der Waals surface area contributed by atoms with Crippen LogP contribution in [-0.2, 0) is 15.9 Å². The maximum Gasteiger partial charge on any atom is 0.244 e. The van der Waals surface area contributed by atoms with E-state index in [1.165, 1.54) is 11.3 Å². The van der Waals surface area contributed by atoms with Crippen molar-refractivity contribution in [3.05, 3.63) is 15.8 Å². The van der Waals surface area contributed by atoms with Crippen molar-refractivity contribution in [1.82, 2.24) is 4.31 Å². The number of aryl methyl sites for hydroxylation is 1. The summed E-state index contributed by atoms with van der Waals surface area (Å²) in [6.45, 7) is 6.43. The standard InChI is InChI=1S/C12H18ClNO2S2/c1-9-11(7-10(8-13)17-9)18(15,16)14-6-4-5-12(14,2)3/h7H,4-6,8H2,1-3H3. The van der Waals surface area contributed by atoms with Gasteiger partial charge in [-0.25, -0.2) is 8.42 Å². The topological polar surface area (TPSA) is 37.4 Å². The molecule has 102 valence electrons. The SMILES string of the molecule is Cc1sc(CCl)cc1S(=O)(=O)N1CCCC1(C)C. The monoisotopic (exact) mass is 307 g/mol. The third-order valence-electron chi connectivity index (χ3n) is 3.45. The van der Waals surface area contributed by atoms with E-state index in [-0.39, 0.29) is 5.54 Å². The smallest absolute Gasteiger partial charge is 0.207 e. The van der Waals surface area contributed by atoms with E-state index in [0.29, 0.717) is 17.3 Å². The zero-order valence-corrected chi connectivity index (χ0v) is 13.3. The minimum Gasteiger partial charge on any atom is -0.207 e. The fraction of sp³-hybridized carbons (Fsp3) is 0.667. The van der Waals surface area contributed by atoms with Gasteiger partial charge in [0.2, 0.25) is 10.0 Å². The molecule has 1 aromatic rings. The van der Waals surface area contributed by atoms with E-state index in [1.807, 2.05) is 20.8 Å². The second-order valence-corrected chi connectivity index (χ2v) is 8.70. The van der Waals surface area contributed by atoms with Gasteiger partial charge in [0.05, 0.1) is 10.8 Å². The molecule has 0 bridgehead atoms. The molecule has 0 unspecified atom stereocenters. The Hall–Kier alpha value is -0.100. The number of hydrogen-bond donors (Lipinski definition) is 0. The number of nitrogens with zero attached hydrogens (tertiary/aromatic N) is 1. The predicted molar refractivity (Wildman–Crippen MR) is 75.8 cm³/mol. The van der Waals surface area contributed by atoms with Crippen LogP contribution >= 0.6 is 22.9 Å². The Bertz CT molecular complexity index is 548. The lowest BCUT2D eigenvalue weighted by atomic mass is 10.0. The molecule has 2 rings (SSSR count). The lowest BCUT2D eigenvalue weighted by Gasteiger charge is -2.30. The van der Waals surface area contributed by atoms with Crippen molar-refractivity contribution in [2.75, 3.05) is 6.54 Å². The fourth-order valence-corrected chi connectivity index (χ4v) is 6.04. The predicted octanol–water partition coefficient (Wildman–Crippen LogP) is 3.36. The summed E-state index contributed by atoms with van der Waals surface area (Å²) in [7, 11) is -3.38. The van der Waals surface area contributed by atoms with Gasteiger partial charge in [0.25, 0.3) is 0 Å². The highest BCUT2D eigenvalue weighted by molar-refractivity contribution is 7.89. The number of rotatable bonds is 3. The van der Waals surface area contributed by atoms with Gasteiger partial charge in [-0.3, -0.25) is 0 Å². The first-order valence-electron chi connectivity index (χ1n) is 5.97. The van der Waals surface area contributed by atoms with Gasteiger partial charge in [-0.2, -0.15) is 4.31 Å². The maximum atomic E-state index is 12.7. The Morgan fingerprint density at radius 2 is 2.17 bits per heavy atom. The van der Waals surface area contributed by atoms with E-state index in [4.69, 9.17) is 11.6 Å². The van der Waals surface area contributed by atoms with Crippen LogP contribution in [0.3, 0.4) is 0 Å². The van der Waals surface area contributed by atoms with Crippen molar-refractivity contribution in [3.8, 4) is 0 Å². The summed E-state index contributed by atoms with van der Waals surface area (Å²) in [5.41, 5.74) is -0.283. The van der Waals surface area contributed by atoms with Crippen LogP contribution in [0.25, 0.3) is 0 Å². The number of hydrogen-bond acceptors (Lipinski definition) is 3. The maximum absolute atomic E-state index is 12.7. The van der Waals surface area contributed by atoms with Crippen molar-refractivity contribution >= 4 is 33.0 Å². The molecule has 0 aromatic carbocycles. The Morgan fingerprint density at radius 3 is 2.61 bits per heavy atom. The minimum atomic E-state index is -3.38. The van der Waals surface area contributed by atoms with Crippen molar-refractivity contribution in [2.45, 2.75) is 49.9 Å². The first kappa shape index (κ1) is 14.3. The van der Waals surface area contributed by atoms with E-state index < -0.39 is 10.0 Å². The van der Waals surface area contributed by atoms with Crippen LogP contribution in [0.5, 0.6) is 0 Å². The first-order valence-corrected chi connectivity index (χ1v) is 8.76. The summed E-state index contributed by atoms with van der Waals surface area (Å²) in [5, 5.41) is 0. The molecule has 0 aliphatic carbocycles. The summed E-state index contributed by atoms with van der Waals surface area (Å²) in [5.74, 6) is 0.365. The molecule has 18 heavy (non-hydrogen) atoms. The third kappa shape index (κ3) is 2.33. The van der Waals surface area contributed by atoms with Gasteiger partial charge in [-0.15, -0.1) is 22.9 Å². The molecule has 6 heteroatoms. The largest absolute Gasteiger partial charge is 0.244 e. The molecule has 1 saturated heterocycles. The highest BCUT2D eigenvalue weighted by Gasteiger charge is 2.41. The Balaban J connectivity index is 2.45. The molecule has 0 N–H and O–H groups in total. The van der Waals surface area contributed by atoms with Crippen molar-refractivity contribution in [2.24, 2.45) is 0 Å². The van der Waals surface area contributed by atoms with E-state index in [2.05, 4.69) is 0 Å². The summed E-state index contributed by atoms with van der Waals surface area (Å²) in [6.07, 6.45) is 1.84. The summed E-state index contributed by atoms with van der Waals surface area (Å²) in [6, 6.07) is 1.72. The van der Waals surface area contributed by atoms with Crippen LogP contribution < -0.4 is 0 Å². The van der Waals surface area contributed by atoms with Crippen LogP contribution in [0.15, 0.2) is 11.0 Å². The van der Waals surface area contributed by atoms with Crippen LogP contribution in [0.2, 0.25) is 0 Å². The lowest BCUT2D eigenvalue weighted by Crippen LogP contribution is -2.42. The molecule has 1 aromatic heterocycles. The molecule has 1 aliphatic heterocycles. The van der Waals surface area contributed by atoms with Crippen LogP contribution in [0, 0.1) is 6.92 Å². The summed E-state index contributed by atoms with van der Waals surface area (Å²) < 4.78 is 27.0. The summed E-state index contributed by atoms with van der Waals surface area (Å²) >= 11 is 7.24. The molecule has 3 nitrogen and oxygen atoms in total.